The minimum atomic E-state index is 0.274. The molecule has 2 nitrogen and oxygen atoms in total. The Morgan fingerprint density at radius 3 is 2.65 bits per heavy atom. The molecule has 1 unspecified atom stereocenters. The summed E-state index contributed by atoms with van der Waals surface area (Å²) in [5, 5.41) is 4.07. The molecule has 0 aliphatic heterocycles. The smallest absolute Gasteiger partial charge is 0.0631 e. The van der Waals surface area contributed by atoms with Crippen molar-refractivity contribution < 1.29 is 4.74 Å². The molecule has 0 spiro atoms. The van der Waals surface area contributed by atoms with Crippen molar-refractivity contribution in [1.29, 1.82) is 0 Å². The molecule has 0 saturated carbocycles. The van der Waals surface area contributed by atoms with E-state index in [1.54, 1.807) is 11.8 Å². The minimum Gasteiger partial charge on any atom is -0.377 e. The van der Waals surface area contributed by atoms with Crippen molar-refractivity contribution in [2.24, 2.45) is 0 Å². The van der Waals surface area contributed by atoms with E-state index in [2.05, 4.69) is 5.32 Å². The lowest BCUT2D eigenvalue weighted by molar-refractivity contribution is 0.0668. The van der Waals surface area contributed by atoms with Crippen LogP contribution in [0.2, 0.25) is 5.02 Å². The molecule has 0 aliphatic rings. The maximum absolute atomic E-state index is 6.11. The lowest BCUT2D eigenvalue weighted by atomic mass is 10.3. The predicted octanol–water partition coefficient (Wildman–Crippen LogP) is 3.45. The zero-order valence-electron chi connectivity index (χ0n) is 10.6. The fourth-order valence-corrected chi connectivity index (χ4v) is 2.60. The molecule has 1 atom stereocenters. The van der Waals surface area contributed by atoms with Crippen molar-refractivity contribution in [2.45, 2.75) is 30.9 Å². The first-order chi connectivity index (χ1) is 8.13. The number of hydrogen-bond acceptors (Lipinski definition) is 3. The molecule has 1 N–H and O–H groups in total. The molecule has 0 fully saturated rings. The van der Waals surface area contributed by atoms with E-state index in [-0.39, 0.29) is 6.10 Å². The fourth-order valence-electron chi connectivity index (χ4n) is 1.28. The van der Waals surface area contributed by atoms with Gasteiger partial charge in [0.1, 0.15) is 0 Å². The van der Waals surface area contributed by atoms with Crippen LogP contribution in [0.1, 0.15) is 13.8 Å². The quantitative estimate of drug-likeness (QED) is 0.769. The molecule has 17 heavy (non-hydrogen) atoms. The Hall–Kier alpha value is -0.220. The summed E-state index contributed by atoms with van der Waals surface area (Å²) in [5.74, 6) is 0.951. The summed E-state index contributed by atoms with van der Waals surface area (Å²) in [4.78, 5) is 1.12. The van der Waals surface area contributed by atoms with Crippen molar-refractivity contribution in [3.05, 3.63) is 29.3 Å². The van der Waals surface area contributed by atoms with Gasteiger partial charge in [0.25, 0.3) is 0 Å². The number of rotatable bonds is 7. The number of halogens is 1. The van der Waals surface area contributed by atoms with Gasteiger partial charge < -0.3 is 10.1 Å². The van der Waals surface area contributed by atoms with Crippen LogP contribution in [0.25, 0.3) is 0 Å². The lowest BCUT2D eigenvalue weighted by Gasteiger charge is -2.17. The summed E-state index contributed by atoms with van der Waals surface area (Å²) < 4.78 is 5.60. The Balaban J connectivity index is 2.40. The second-order valence-corrected chi connectivity index (χ2v) is 5.58. The Bertz CT molecular complexity index is 333. The molecule has 96 valence electrons. The second kappa shape index (κ2) is 7.98. The molecule has 0 amide bonds. The van der Waals surface area contributed by atoms with Crippen LogP contribution in [0.15, 0.2) is 29.2 Å². The average Bonchev–Trinajstić information content (AvgIpc) is 2.31. The van der Waals surface area contributed by atoms with Gasteiger partial charge in [-0.25, -0.2) is 0 Å². The van der Waals surface area contributed by atoms with E-state index in [9.17, 15) is 0 Å². The van der Waals surface area contributed by atoms with Gasteiger partial charge in [-0.1, -0.05) is 23.7 Å². The minimum absolute atomic E-state index is 0.274. The molecule has 0 aliphatic carbocycles. The van der Waals surface area contributed by atoms with Gasteiger partial charge in [-0.05, 0) is 33.0 Å². The normalized spacial score (nSPS) is 13.0. The van der Waals surface area contributed by atoms with E-state index in [4.69, 9.17) is 16.3 Å². The van der Waals surface area contributed by atoms with Gasteiger partial charge in [0.15, 0.2) is 0 Å². The monoisotopic (exact) mass is 273 g/mol. The van der Waals surface area contributed by atoms with Crippen LogP contribution >= 0.6 is 23.4 Å². The Labute approximate surface area is 113 Å². The van der Waals surface area contributed by atoms with Crippen LogP contribution in [0.5, 0.6) is 0 Å². The fraction of sp³-hybridized carbons (Fsp3) is 0.538. The van der Waals surface area contributed by atoms with E-state index in [1.807, 2.05) is 45.2 Å². The molecule has 1 aromatic rings. The van der Waals surface area contributed by atoms with E-state index < -0.39 is 0 Å². The number of thioether (sulfide) groups is 1. The highest BCUT2D eigenvalue weighted by atomic mass is 35.5. The summed E-state index contributed by atoms with van der Waals surface area (Å²) in [6.45, 7) is 4.83. The standard InChI is InChI=1S/C13H20ClNOS/c1-10(2)16-8-11(15-3)9-17-13-7-5-4-6-12(13)14/h4-7,10-11,15H,8-9H2,1-3H3. The zero-order chi connectivity index (χ0) is 12.7. The van der Waals surface area contributed by atoms with Crippen molar-refractivity contribution in [2.75, 3.05) is 19.4 Å². The predicted molar refractivity (Wildman–Crippen MR) is 76.1 cm³/mol. The van der Waals surface area contributed by atoms with Crippen LogP contribution in [0.3, 0.4) is 0 Å². The van der Waals surface area contributed by atoms with Crippen LogP contribution in [0.4, 0.5) is 0 Å². The summed E-state index contributed by atoms with van der Waals surface area (Å²) in [7, 11) is 1.96. The van der Waals surface area contributed by atoms with Crippen LogP contribution < -0.4 is 5.32 Å². The number of ether oxygens (including phenoxy) is 1. The van der Waals surface area contributed by atoms with Crippen LogP contribution in [0, 0.1) is 0 Å². The van der Waals surface area contributed by atoms with Gasteiger partial charge in [0.05, 0.1) is 17.7 Å². The maximum Gasteiger partial charge on any atom is 0.0631 e. The number of nitrogens with one attached hydrogen (secondary N) is 1. The first kappa shape index (κ1) is 14.8. The molecule has 0 saturated heterocycles. The van der Waals surface area contributed by atoms with Crippen molar-refractivity contribution in [3.8, 4) is 0 Å². The highest BCUT2D eigenvalue weighted by Crippen LogP contribution is 2.26. The van der Waals surface area contributed by atoms with Gasteiger partial charge in [-0.3, -0.25) is 0 Å². The Morgan fingerprint density at radius 2 is 2.06 bits per heavy atom. The summed E-state index contributed by atoms with van der Waals surface area (Å²) in [5.41, 5.74) is 0. The molecule has 0 aromatic heterocycles. The van der Waals surface area contributed by atoms with E-state index in [1.165, 1.54) is 0 Å². The maximum atomic E-state index is 6.11. The van der Waals surface area contributed by atoms with Crippen LogP contribution in [-0.2, 0) is 4.74 Å². The zero-order valence-corrected chi connectivity index (χ0v) is 12.1. The SMILES string of the molecule is CNC(COC(C)C)CSc1ccccc1Cl. The van der Waals surface area contributed by atoms with Crippen molar-refractivity contribution in [3.63, 3.8) is 0 Å². The topological polar surface area (TPSA) is 21.3 Å². The Morgan fingerprint density at radius 1 is 1.35 bits per heavy atom. The lowest BCUT2D eigenvalue weighted by Crippen LogP contribution is -2.33. The number of hydrogen-bond donors (Lipinski definition) is 1. The van der Waals surface area contributed by atoms with Crippen molar-refractivity contribution in [1.82, 2.24) is 5.32 Å². The van der Waals surface area contributed by atoms with E-state index >= 15 is 0 Å². The molecule has 1 rings (SSSR count). The molecule has 1 aromatic carbocycles. The molecular weight excluding hydrogens is 254 g/mol. The number of benzene rings is 1. The second-order valence-electron chi connectivity index (χ2n) is 4.11. The summed E-state index contributed by atoms with van der Waals surface area (Å²) >= 11 is 7.86. The third-order valence-corrected chi connectivity index (χ3v) is 3.99. The van der Waals surface area contributed by atoms with E-state index in [0.717, 1.165) is 22.3 Å². The molecular formula is C13H20ClNOS. The van der Waals surface area contributed by atoms with Gasteiger partial charge in [-0.15, -0.1) is 11.8 Å². The molecule has 4 heteroatoms. The van der Waals surface area contributed by atoms with Gasteiger partial charge in [0.2, 0.25) is 0 Å². The van der Waals surface area contributed by atoms with Gasteiger partial charge in [0, 0.05) is 16.7 Å². The summed E-state index contributed by atoms with van der Waals surface area (Å²) in [6, 6.07) is 8.27. The summed E-state index contributed by atoms with van der Waals surface area (Å²) in [6.07, 6.45) is 0.274. The highest BCUT2D eigenvalue weighted by molar-refractivity contribution is 7.99. The van der Waals surface area contributed by atoms with Gasteiger partial charge >= 0.3 is 0 Å². The largest absolute Gasteiger partial charge is 0.377 e. The molecule has 0 radical (unpaired) electrons. The Kier molecular flexibility index (Phi) is 6.97. The third-order valence-electron chi connectivity index (χ3n) is 2.32. The molecule has 0 bridgehead atoms. The molecule has 0 heterocycles. The highest BCUT2D eigenvalue weighted by Gasteiger charge is 2.09. The van der Waals surface area contributed by atoms with Gasteiger partial charge in [-0.2, -0.15) is 0 Å². The average molecular weight is 274 g/mol. The van der Waals surface area contributed by atoms with Crippen LogP contribution in [-0.4, -0.2) is 31.6 Å². The first-order valence-corrected chi connectivity index (χ1v) is 7.16. The number of likely N-dealkylation sites (N-methyl/N-ethyl adjacent to an activating group) is 1. The van der Waals surface area contributed by atoms with Crippen molar-refractivity contribution >= 4 is 23.4 Å². The van der Waals surface area contributed by atoms with E-state index in [0.29, 0.717) is 6.04 Å². The third kappa shape index (κ3) is 5.77. The first-order valence-electron chi connectivity index (χ1n) is 5.79.